The number of benzene rings is 2. The number of nitrogens with zero attached hydrogens (tertiary/aromatic N) is 2. The fourth-order valence-corrected chi connectivity index (χ4v) is 5.35. The quantitative estimate of drug-likeness (QED) is 0.427. The van der Waals surface area contributed by atoms with Gasteiger partial charge in [0.1, 0.15) is 11.9 Å². The summed E-state index contributed by atoms with van der Waals surface area (Å²) in [4.78, 5) is 40.5. The van der Waals surface area contributed by atoms with Crippen molar-refractivity contribution in [1.29, 1.82) is 0 Å². The molecule has 2 amide bonds. The van der Waals surface area contributed by atoms with Gasteiger partial charge in [-0.15, -0.1) is 0 Å². The molecule has 3 N–H and O–H groups in total. The summed E-state index contributed by atoms with van der Waals surface area (Å²) in [6, 6.07) is 11.3. The maximum atomic E-state index is 14.0. The number of H-pyrrole nitrogens is 1. The maximum absolute atomic E-state index is 14.0. The van der Waals surface area contributed by atoms with Gasteiger partial charge < -0.3 is 15.3 Å². The molecule has 206 valence electrons. The average molecular weight is 535 g/mol. The Morgan fingerprint density at radius 1 is 1.15 bits per heavy atom. The lowest BCUT2D eigenvalue weighted by molar-refractivity contribution is -0.141. The summed E-state index contributed by atoms with van der Waals surface area (Å²) in [5, 5.41) is 20.0. The van der Waals surface area contributed by atoms with E-state index in [1.54, 1.807) is 69.0 Å². The normalized spacial score (nSPS) is 18.2. The molecule has 1 saturated heterocycles. The number of aryl methyl sites for hydroxylation is 2. The number of hydrogen-bond acceptors (Lipinski definition) is 5. The predicted molar refractivity (Wildman–Crippen MR) is 146 cm³/mol. The van der Waals surface area contributed by atoms with E-state index in [0.717, 1.165) is 11.1 Å². The number of nitrogens with one attached hydrogen (secondary N) is 2. The van der Waals surface area contributed by atoms with Crippen molar-refractivity contribution in [2.75, 3.05) is 0 Å². The van der Waals surface area contributed by atoms with E-state index in [9.17, 15) is 23.9 Å². The number of likely N-dealkylation sites (tertiary alicyclic amines) is 1. The third kappa shape index (κ3) is 6.25. The highest BCUT2D eigenvalue weighted by atomic mass is 19.1. The fourth-order valence-electron chi connectivity index (χ4n) is 5.35. The molecule has 0 bridgehead atoms. The van der Waals surface area contributed by atoms with Crippen molar-refractivity contribution in [2.45, 2.75) is 77.6 Å². The zero-order valence-corrected chi connectivity index (χ0v) is 22.9. The average Bonchev–Trinajstić information content (AvgIpc) is 3.33. The standard InChI is InChI=1S/C30H35FN4O4/c1-17-13-22(10-9-20(17)15-23-14-18(2)33-34-28(23)37)27(36)32-19(3)29(38)35-25(11-12-26(35)30(4,5)39)21-7-6-8-24(31)16-21/h6-10,13-14,16,19,25-26,39H,11-12,15H2,1-5H3,(H,32,36)(H,34,37)/t19-,25+,26?/m1/s1. The first-order valence-electron chi connectivity index (χ1n) is 13.1. The van der Waals surface area contributed by atoms with Crippen LogP contribution in [0.15, 0.2) is 53.3 Å². The number of hydrogen-bond donors (Lipinski definition) is 3. The predicted octanol–water partition coefficient (Wildman–Crippen LogP) is 3.74. The summed E-state index contributed by atoms with van der Waals surface area (Å²) in [5.41, 5.74) is 2.64. The van der Waals surface area contributed by atoms with Gasteiger partial charge in [0.2, 0.25) is 5.91 Å². The van der Waals surface area contributed by atoms with Crippen LogP contribution in [0.3, 0.4) is 0 Å². The van der Waals surface area contributed by atoms with Gasteiger partial charge in [-0.3, -0.25) is 14.4 Å². The topological polar surface area (TPSA) is 115 Å². The molecule has 2 heterocycles. The van der Waals surface area contributed by atoms with E-state index in [2.05, 4.69) is 15.5 Å². The molecular weight excluding hydrogens is 499 g/mol. The minimum absolute atomic E-state index is 0.253. The third-order valence-corrected chi connectivity index (χ3v) is 7.40. The summed E-state index contributed by atoms with van der Waals surface area (Å²) < 4.78 is 14.0. The van der Waals surface area contributed by atoms with Crippen LogP contribution in [0.5, 0.6) is 0 Å². The van der Waals surface area contributed by atoms with Crippen LogP contribution < -0.4 is 10.9 Å². The van der Waals surface area contributed by atoms with Crippen molar-refractivity contribution in [2.24, 2.45) is 0 Å². The van der Waals surface area contributed by atoms with Gasteiger partial charge in [0.25, 0.3) is 11.5 Å². The van der Waals surface area contributed by atoms with Crippen molar-refractivity contribution >= 4 is 11.8 Å². The molecule has 2 aromatic carbocycles. The second-order valence-electron chi connectivity index (χ2n) is 10.9. The van der Waals surface area contributed by atoms with Crippen LogP contribution in [0, 0.1) is 19.7 Å². The fraction of sp³-hybridized carbons (Fsp3) is 0.400. The Balaban J connectivity index is 1.51. The Kier molecular flexibility index (Phi) is 8.02. The molecule has 39 heavy (non-hydrogen) atoms. The molecule has 0 saturated carbocycles. The molecule has 1 unspecified atom stereocenters. The van der Waals surface area contributed by atoms with Crippen LogP contribution in [0.4, 0.5) is 4.39 Å². The van der Waals surface area contributed by atoms with E-state index in [1.165, 1.54) is 12.1 Å². The molecule has 1 aliphatic heterocycles. The highest BCUT2D eigenvalue weighted by Gasteiger charge is 2.45. The smallest absolute Gasteiger partial charge is 0.267 e. The molecule has 0 spiro atoms. The van der Waals surface area contributed by atoms with E-state index in [0.29, 0.717) is 41.6 Å². The summed E-state index contributed by atoms with van der Waals surface area (Å²) in [6.45, 7) is 8.59. The van der Waals surface area contributed by atoms with Crippen molar-refractivity contribution in [3.8, 4) is 0 Å². The molecule has 1 aliphatic rings. The molecule has 0 aliphatic carbocycles. The van der Waals surface area contributed by atoms with E-state index in [1.807, 2.05) is 6.92 Å². The van der Waals surface area contributed by atoms with Gasteiger partial charge >= 0.3 is 0 Å². The van der Waals surface area contributed by atoms with Crippen molar-refractivity contribution in [1.82, 2.24) is 20.4 Å². The summed E-state index contributed by atoms with van der Waals surface area (Å²) >= 11 is 0. The Morgan fingerprint density at radius 3 is 2.56 bits per heavy atom. The molecule has 3 atom stereocenters. The molecule has 3 aromatic rings. The van der Waals surface area contributed by atoms with Crippen LogP contribution in [0.1, 0.15) is 78.0 Å². The van der Waals surface area contributed by atoms with E-state index >= 15 is 0 Å². The monoisotopic (exact) mass is 534 g/mol. The lowest BCUT2D eigenvalue weighted by Gasteiger charge is -2.38. The molecule has 9 heteroatoms. The Labute approximate surface area is 227 Å². The van der Waals surface area contributed by atoms with Crippen LogP contribution >= 0.6 is 0 Å². The van der Waals surface area contributed by atoms with Crippen LogP contribution in [0.2, 0.25) is 0 Å². The number of amides is 2. The van der Waals surface area contributed by atoms with Gasteiger partial charge in [-0.1, -0.05) is 18.2 Å². The molecule has 4 rings (SSSR count). The second-order valence-corrected chi connectivity index (χ2v) is 10.9. The highest BCUT2D eigenvalue weighted by molar-refractivity contribution is 5.97. The Morgan fingerprint density at radius 2 is 1.90 bits per heavy atom. The minimum atomic E-state index is -1.18. The Bertz CT molecular complexity index is 1450. The van der Waals surface area contributed by atoms with Gasteiger partial charge in [0.05, 0.1) is 23.4 Å². The summed E-state index contributed by atoms with van der Waals surface area (Å²) in [6.07, 6.45) is 1.53. The minimum Gasteiger partial charge on any atom is -0.388 e. The third-order valence-electron chi connectivity index (χ3n) is 7.40. The van der Waals surface area contributed by atoms with Gasteiger partial charge in [0, 0.05) is 17.5 Å². The number of aromatic nitrogens is 2. The lowest BCUT2D eigenvalue weighted by Crippen LogP contribution is -2.54. The van der Waals surface area contributed by atoms with Crippen LogP contribution in [-0.4, -0.2) is 49.7 Å². The lowest BCUT2D eigenvalue weighted by atomic mass is 9.96. The van der Waals surface area contributed by atoms with Crippen LogP contribution in [-0.2, 0) is 11.2 Å². The van der Waals surface area contributed by atoms with E-state index < -0.39 is 35.5 Å². The van der Waals surface area contributed by atoms with Gasteiger partial charge in [-0.2, -0.15) is 5.10 Å². The summed E-state index contributed by atoms with van der Waals surface area (Å²) in [5.74, 6) is -1.15. The SMILES string of the molecule is Cc1cc(Cc2ccc(C(=O)N[C@H](C)C(=O)N3C(C(C)(C)O)CC[C@H]3c3cccc(F)c3)cc2C)c(=O)[nH]n1. The molecule has 1 fully saturated rings. The molecular formula is C30H35FN4O4. The maximum Gasteiger partial charge on any atom is 0.267 e. The first-order valence-corrected chi connectivity index (χ1v) is 13.1. The largest absolute Gasteiger partial charge is 0.388 e. The second kappa shape index (κ2) is 11.1. The van der Waals surface area contributed by atoms with Gasteiger partial charge in [0.15, 0.2) is 0 Å². The van der Waals surface area contributed by atoms with Crippen molar-refractivity contribution in [3.05, 3.63) is 98.2 Å². The van der Waals surface area contributed by atoms with Crippen LogP contribution in [0.25, 0.3) is 0 Å². The summed E-state index contributed by atoms with van der Waals surface area (Å²) in [7, 11) is 0. The van der Waals surface area contributed by atoms with E-state index in [-0.39, 0.29) is 11.5 Å². The number of halogens is 1. The van der Waals surface area contributed by atoms with E-state index in [4.69, 9.17) is 0 Å². The molecule has 8 nitrogen and oxygen atoms in total. The number of rotatable bonds is 7. The van der Waals surface area contributed by atoms with Gasteiger partial charge in [-0.05, 0) is 94.5 Å². The number of aliphatic hydroxyl groups is 1. The zero-order chi connectivity index (χ0) is 28.5. The van der Waals surface area contributed by atoms with Crippen molar-refractivity contribution < 1.29 is 19.1 Å². The number of carbonyl (C=O) groups excluding carboxylic acids is 2. The number of aromatic amines is 1. The zero-order valence-electron chi connectivity index (χ0n) is 22.9. The van der Waals surface area contributed by atoms with Gasteiger partial charge in [-0.25, -0.2) is 9.49 Å². The molecule has 0 radical (unpaired) electrons. The van der Waals surface area contributed by atoms with Crippen molar-refractivity contribution in [3.63, 3.8) is 0 Å². The highest BCUT2D eigenvalue weighted by Crippen LogP contribution is 2.40. The first kappa shape index (κ1) is 28.2. The molecule has 1 aromatic heterocycles. The number of carbonyl (C=O) groups is 2. The Hall–Kier alpha value is -3.85. The first-order chi connectivity index (χ1) is 18.3.